The second kappa shape index (κ2) is 5.47. The van der Waals surface area contributed by atoms with E-state index in [1.807, 2.05) is 43.3 Å². The van der Waals surface area contributed by atoms with Crippen molar-refractivity contribution < 1.29 is 4.39 Å². The second-order valence-corrected chi connectivity index (χ2v) is 3.41. The molecule has 0 aliphatic carbocycles. The molecule has 0 spiro atoms. The number of hydrogen-bond donors (Lipinski definition) is 1. The summed E-state index contributed by atoms with van der Waals surface area (Å²) in [7, 11) is 4.01. The fourth-order valence-electron chi connectivity index (χ4n) is 1.18. The van der Waals surface area contributed by atoms with Gasteiger partial charge >= 0.3 is 0 Å². The van der Waals surface area contributed by atoms with Crippen LogP contribution in [0.2, 0.25) is 0 Å². The van der Waals surface area contributed by atoms with Crippen LogP contribution in [0.1, 0.15) is 6.42 Å². The Labute approximate surface area is 84.7 Å². The summed E-state index contributed by atoms with van der Waals surface area (Å²) in [5, 5.41) is 3.15. The average Bonchev–Trinajstić information content (AvgIpc) is 2.19. The van der Waals surface area contributed by atoms with Crippen molar-refractivity contribution in [3.05, 3.63) is 24.3 Å². The number of hydrogen-bond acceptors (Lipinski definition) is 2. The maximum atomic E-state index is 11.8. The van der Waals surface area contributed by atoms with Crippen molar-refractivity contribution in [2.75, 3.05) is 37.5 Å². The quantitative estimate of drug-likeness (QED) is 0.728. The van der Waals surface area contributed by atoms with E-state index in [2.05, 4.69) is 5.32 Å². The molecule has 0 atom stereocenters. The van der Waals surface area contributed by atoms with Gasteiger partial charge in [-0.1, -0.05) is 0 Å². The SMILES string of the molecule is CN(C)c1ccc(NCCCF)cc1. The lowest BCUT2D eigenvalue weighted by Gasteiger charge is -2.13. The molecule has 1 aromatic rings. The first-order chi connectivity index (χ1) is 6.74. The van der Waals surface area contributed by atoms with Crippen molar-refractivity contribution in [1.82, 2.24) is 0 Å². The number of nitrogens with one attached hydrogen (secondary N) is 1. The van der Waals surface area contributed by atoms with Crippen LogP contribution in [0.15, 0.2) is 24.3 Å². The van der Waals surface area contributed by atoms with Crippen molar-refractivity contribution in [2.24, 2.45) is 0 Å². The third kappa shape index (κ3) is 3.24. The van der Waals surface area contributed by atoms with E-state index in [1.54, 1.807) is 0 Å². The highest BCUT2D eigenvalue weighted by molar-refractivity contribution is 5.54. The number of rotatable bonds is 5. The summed E-state index contributed by atoms with van der Waals surface area (Å²) in [6, 6.07) is 8.09. The summed E-state index contributed by atoms with van der Waals surface area (Å²) >= 11 is 0. The first kappa shape index (κ1) is 10.8. The molecule has 0 aliphatic heterocycles. The summed E-state index contributed by atoms with van der Waals surface area (Å²) in [5.74, 6) is 0. The van der Waals surface area contributed by atoms with E-state index < -0.39 is 0 Å². The first-order valence-electron chi connectivity index (χ1n) is 4.81. The standard InChI is InChI=1S/C11H17FN2/c1-14(2)11-6-4-10(5-7-11)13-9-3-8-12/h4-7,13H,3,8-9H2,1-2H3. The van der Waals surface area contributed by atoms with Gasteiger partial charge in [-0.05, 0) is 30.7 Å². The monoisotopic (exact) mass is 196 g/mol. The van der Waals surface area contributed by atoms with E-state index in [9.17, 15) is 4.39 Å². The molecule has 0 fully saturated rings. The van der Waals surface area contributed by atoms with E-state index in [0.29, 0.717) is 13.0 Å². The van der Waals surface area contributed by atoms with Crippen LogP contribution in [-0.4, -0.2) is 27.3 Å². The van der Waals surface area contributed by atoms with Crippen molar-refractivity contribution in [1.29, 1.82) is 0 Å². The van der Waals surface area contributed by atoms with Crippen LogP contribution in [0, 0.1) is 0 Å². The molecule has 2 nitrogen and oxygen atoms in total. The second-order valence-electron chi connectivity index (χ2n) is 3.41. The van der Waals surface area contributed by atoms with Crippen LogP contribution in [0.4, 0.5) is 15.8 Å². The van der Waals surface area contributed by atoms with Gasteiger partial charge in [0.15, 0.2) is 0 Å². The van der Waals surface area contributed by atoms with Crippen LogP contribution in [-0.2, 0) is 0 Å². The van der Waals surface area contributed by atoms with Gasteiger partial charge in [-0.3, -0.25) is 4.39 Å². The minimum atomic E-state index is -0.261. The molecule has 0 unspecified atom stereocenters. The smallest absolute Gasteiger partial charge is 0.0911 e. The van der Waals surface area contributed by atoms with Crippen LogP contribution >= 0.6 is 0 Å². The van der Waals surface area contributed by atoms with Crippen LogP contribution in [0.3, 0.4) is 0 Å². The van der Waals surface area contributed by atoms with Crippen molar-refractivity contribution in [3.63, 3.8) is 0 Å². The molecule has 0 aliphatic rings. The molecular weight excluding hydrogens is 179 g/mol. The molecule has 0 amide bonds. The van der Waals surface area contributed by atoms with Crippen molar-refractivity contribution >= 4 is 11.4 Å². The van der Waals surface area contributed by atoms with E-state index in [1.165, 1.54) is 5.69 Å². The van der Waals surface area contributed by atoms with Gasteiger partial charge in [0, 0.05) is 32.0 Å². The molecule has 1 rings (SSSR count). The van der Waals surface area contributed by atoms with Gasteiger partial charge in [-0.25, -0.2) is 0 Å². The Balaban J connectivity index is 2.47. The zero-order valence-electron chi connectivity index (χ0n) is 8.76. The molecule has 0 saturated heterocycles. The van der Waals surface area contributed by atoms with Gasteiger partial charge in [0.25, 0.3) is 0 Å². The lowest BCUT2D eigenvalue weighted by atomic mass is 10.2. The summed E-state index contributed by atoms with van der Waals surface area (Å²) in [4.78, 5) is 2.05. The Morgan fingerprint density at radius 2 is 1.86 bits per heavy atom. The predicted molar refractivity (Wildman–Crippen MR) is 59.9 cm³/mol. The van der Waals surface area contributed by atoms with Crippen molar-refractivity contribution in [3.8, 4) is 0 Å². The molecule has 0 aromatic heterocycles. The largest absolute Gasteiger partial charge is 0.385 e. The Bertz CT molecular complexity index is 256. The third-order valence-corrected chi connectivity index (χ3v) is 2.02. The molecule has 1 aromatic carbocycles. The summed E-state index contributed by atoms with van der Waals surface area (Å²) in [5.41, 5.74) is 2.21. The lowest BCUT2D eigenvalue weighted by molar-refractivity contribution is 0.481. The van der Waals surface area contributed by atoms with Gasteiger partial charge in [0.1, 0.15) is 0 Å². The number of nitrogens with zero attached hydrogens (tertiary/aromatic N) is 1. The highest BCUT2D eigenvalue weighted by Crippen LogP contribution is 2.15. The van der Waals surface area contributed by atoms with Gasteiger partial charge < -0.3 is 10.2 Å². The van der Waals surface area contributed by atoms with Crippen LogP contribution in [0.5, 0.6) is 0 Å². The Kier molecular flexibility index (Phi) is 4.23. The molecule has 0 heterocycles. The minimum Gasteiger partial charge on any atom is -0.385 e. The highest BCUT2D eigenvalue weighted by Gasteiger charge is 1.95. The Morgan fingerprint density at radius 3 is 2.36 bits per heavy atom. The molecule has 78 valence electrons. The molecule has 3 heteroatoms. The molecule has 0 saturated carbocycles. The number of alkyl halides is 1. The fourth-order valence-corrected chi connectivity index (χ4v) is 1.18. The highest BCUT2D eigenvalue weighted by atomic mass is 19.1. The molecule has 14 heavy (non-hydrogen) atoms. The van der Waals surface area contributed by atoms with E-state index in [-0.39, 0.29) is 6.67 Å². The van der Waals surface area contributed by atoms with E-state index >= 15 is 0 Å². The fraction of sp³-hybridized carbons (Fsp3) is 0.455. The molecule has 0 radical (unpaired) electrons. The number of anilines is 2. The maximum absolute atomic E-state index is 11.8. The topological polar surface area (TPSA) is 15.3 Å². The molecular formula is C11H17FN2. The molecule has 1 N–H and O–H groups in total. The van der Waals surface area contributed by atoms with E-state index in [4.69, 9.17) is 0 Å². The summed E-state index contributed by atoms with van der Waals surface area (Å²) in [6.45, 7) is 0.431. The van der Waals surface area contributed by atoms with Gasteiger partial charge in [-0.15, -0.1) is 0 Å². The van der Waals surface area contributed by atoms with Crippen LogP contribution in [0.25, 0.3) is 0 Å². The minimum absolute atomic E-state index is 0.261. The van der Waals surface area contributed by atoms with Gasteiger partial charge in [-0.2, -0.15) is 0 Å². The summed E-state index contributed by atoms with van der Waals surface area (Å²) in [6.07, 6.45) is 0.565. The maximum Gasteiger partial charge on any atom is 0.0911 e. The predicted octanol–water partition coefficient (Wildman–Crippen LogP) is 2.52. The van der Waals surface area contributed by atoms with Gasteiger partial charge in [0.05, 0.1) is 6.67 Å². The van der Waals surface area contributed by atoms with Crippen molar-refractivity contribution in [2.45, 2.75) is 6.42 Å². The summed E-state index contributed by atoms with van der Waals surface area (Å²) < 4.78 is 11.8. The number of halogens is 1. The number of benzene rings is 1. The Hall–Kier alpha value is -1.25. The van der Waals surface area contributed by atoms with E-state index in [0.717, 1.165) is 5.69 Å². The van der Waals surface area contributed by atoms with Crippen LogP contribution < -0.4 is 10.2 Å². The normalized spacial score (nSPS) is 9.93. The molecule has 0 bridgehead atoms. The zero-order chi connectivity index (χ0) is 10.4. The average molecular weight is 196 g/mol. The van der Waals surface area contributed by atoms with Gasteiger partial charge in [0.2, 0.25) is 0 Å². The zero-order valence-corrected chi connectivity index (χ0v) is 8.76. The Morgan fingerprint density at radius 1 is 1.21 bits per heavy atom. The first-order valence-corrected chi connectivity index (χ1v) is 4.81. The third-order valence-electron chi connectivity index (χ3n) is 2.02. The lowest BCUT2D eigenvalue weighted by Crippen LogP contribution is -2.08.